The van der Waals surface area contributed by atoms with Gasteiger partial charge in [0.05, 0.1) is 6.57 Å². The molecule has 2 atom stereocenters. The van der Waals surface area contributed by atoms with E-state index in [2.05, 4.69) is 35.0 Å². The Morgan fingerprint density at radius 2 is 2.28 bits per heavy atom. The molecule has 3 heteroatoms. The zero-order chi connectivity index (χ0) is 12.7. The summed E-state index contributed by atoms with van der Waals surface area (Å²) in [5, 5.41) is 1.23. The van der Waals surface area contributed by atoms with E-state index in [-0.39, 0.29) is 0 Å². The molecule has 3 nitrogen and oxygen atoms in total. The highest BCUT2D eigenvalue weighted by Crippen LogP contribution is 2.49. The molecule has 18 heavy (non-hydrogen) atoms. The highest BCUT2D eigenvalue weighted by atomic mass is 15.1. The average molecular weight is 239 g/mol. The molecular formula is C15H17N3. The molecule has 1 heterocycles. The molecule has 3 rings (SSSR count). The van der Waals surface area contributed by atoms with Crippen LogP contribution in [0.3, 0.4) is 0 Å². The number of nitrogens with one attached hydrogen (secondary N) is 1. The van der Waals surface area contributed by atoms with Crippen LogP contribution < -0.4 is 0 Å². The first-order chi connectivity index (χ1) is 8.69. The molecule has 1 N–H and O–H groups in total. The van der Waals surface area contributed by atoms with Crippen LogP contribution in [0.4, 0.5) is 5.69 Å². The van der Waals surface area contributed by atoms with E-state index in [0.717, 1.165) is 23.7 Å². The lowest BCUT2D eigenvalue weighted by atomic mass is 10.1. The number of hydrogen-bond donors (Lipinski definition) is 1. The number of aromatic nitrogens is 1. The van der Waals surface area contributed by atoms with Crippen LogP contribution in [0.25, 0.3) is 15.7 Å². The second-order valence-electron chi connectivity index (χ2n) is 5.45. The van der Waals surface area contributed by atoms with Crippen molar-refractivity contribution in [3.63, 3.8) is 0 Å². The molecule has 0 saturated heterocycles. The van der Waals surface area contributed by atoms with E-state index < -0.39 is 0 Å². The Hall–Kier alpha value is -1.79. The number of aromatic amines is 1. The minimum Gasteiger partial charge on any atom is -0.361 e. The first kappa shape index (κ1) is 11.3. The fourth-order valence-corrected chi connectivity index (χ4v) is 2.81. The summed E-state index contributed by atoms with van der Waals surface area (Å²) in [5.74, 6) is 1.44. The highest BCUT2D eigenvalue weighted by Gasteiger charge is 2.39. The molecule has 1 fully saturated rings. The molecule has 0 spiro atoms. The molecule has 1 aromatic heterocycles. The minimum atomic E-state index is 0.669. The van der Waals surface area contributed by atoms with Gasteiger partial charge in [0.1, 0.15) is 0 Å². The first-order valence-electron chi connectivity index (χ1n) is 6.32. The van der Waals surface area contributed by atoms with Gasteiger partial charge in [-0.15, -0.1) is 0 Å². The van der Waals surface area contributed by atoms with Gasteiger partial charge >= 0.3 is 0 Å². The molecule has 1 aliphatic carbocycles. The normalized spacial score (nSPS) is 22.3. The van der Waals surface area contributed by atoms with Crippen LogP contribution >= 0.6 is 0 Å². The maximum atomic E-state index is 7.11. The zero-order valence-electron chi connectivity index (χ0n) is 10.8. The zero-order valence-corrected chi connectivity index (χ0v) is 10.8. The van der Waals surface area contributed by atoms with Crippen molar-refractivity contribution in [2.24, 2.45) is 5.92 Å². The lowest BCUT2D eigenvalue weighted by Crippen LogP contribution is -2.15. The Labute approximate surface area is 107 Å². The van der Waals surface area contributed by atoms with E-state index in [4.69, 9.17) is 6.57 Å². The molecule has 0 radical (unpaired) electrons. The summed E-state index contributed by atoms with van der Waals surface area (Å²) in [6.07, 6.45) is 3.39. The number of H-pyrrole nitrogens is 1. The molecule has 0 bridgehead atoms. The molecule has 1 saturated carbocycles. The average Bonchev–Trinajstić information content (AvgIpc) is 2.97. The summed E-state index contributed by atoms with van der Waals surface area (Å²) in [6.45, 7) is 8.26. The van der Waals surface area contributed by atoms with Crippen molar-refractivity contribution in [2.75, 3.05) is 20.6 Å². The number of nitrogens with zero attached hydrogens (tertiary/aromatic N) is 2. The van der Waals surface area contributed by atoms with Crippen molar-refractivity contribution in [2.45, 2.75) is 12.3 Å². The van der Waals surface area contributed by atoms with Crippen LogP contribution in [0.5, 0.6) is 0 Å². The van der Waals surface area contributed by atoms with Crippen LogP contribution in [0.1, 0.15) is 17.9 Å². The van der Waals surface area contributed by atoms with Gasteiger partial charge in [0.2, 0.25) is 0 Å². The third-order valence-corrected chi connectivity index (χ3v) is 3.75. The molecule has 0 unspecified atom stereocenters. The molecular weight excluding hydrogens is 222 g/mol. The van der Waals surface area contributed by atoms with Crippen LogP contribution in [0, 0.1) is 12.5 Å². The summed E-state index contributed by atoms with van der Waals surface area (Å²) >= 11 is 0. The lowest BCUT2D eigenvalue weighted by molar-refractivity contribution is 0.385. The number of fused-ring (bicyclic) bond motifs is 1. The lowest BCUT2D eigenvalue weighted by Gasteiger charge is -2.08. The highest BCUT2D eigenvalue weighted by molar-refractivity contribution is 5.87. The van der Waals surface area contributed by atoms with Crippen molar-refractivity contribution in [3.8, 4) is 0 Å². The van der Waals surface area contributed by atoms with Gasteiger partial charge in [0.15, 0.2) is 5.69 Å². The molecule has 2 aromatic rings. The van der Waals surface area contributed by atoms with Gasteiger partial charge in [0, 0.05) is 18.3 Å². The van der Waals surface area contributed by atoms with Gasteiger partial charge in [-0.3, -0.25) is 0 Å². The van der Waals surface area contributed by atoms with Crippen LogP contribution in [-0.2, 0) is 0 Å². The predicted molar refractivity (Wildman–Crippen MR) is 74.0 cm³/mol. The third-order valence-electron chi connectivity index (χ3n) is 3.75. The third kappa shape index (κ3) is 1.89. The van der Waals surface area contributed by atoms with Crippen molar-refractivity contribution in [3.05, 3.63) is 41.4 Å². The number of benzene rings is 1. The van der Waals surface area contributed by atoms with Crippen molar-refractivity contribution < 1.29 is 0 Å². The van der Waals surface area contributed by atoms with Gasteiger partial charge < -0.3 is 9.88 Å². The van der Waals surface area contributed by atoms with E-state index in [1.165, 1.54) is 17.4 Å². The van der Waals surface area contributed by atoms with Gasteiger partial charge in [0.25, 0.3) is 0 Å². The van der Waals surface area contributed by atoms with Crippen LogP contribution in [-0.4, -0.2) is 30.5 Å². The van der Waals surface area contributed by atoms with Crippen molar-refractivity contribution in [1.82, 2.24) is 9.88 Å². The maximum Gasteiger partial charge on any atom is 0.187 e. The number of rotatable bonds is 3. The van der Waals surface area contributed by atoms with Crippen LogP contribution in [0.2, 0.25) is 0 Å². The second kappa shape index (κ2) is 4.15. The van der Waals surface area contributed by atoms with Gasteiger partial charge in [-0.2, -0.15) is 0 Å². The van der Waals surface area contributed by atoms with Crippen molar-refractivity contribution >= 4 is 16.6 Å². The Bertz CT molecular complexity index is 618. The molecule has 0 amide bonds. The topological polar surface area (TPSA) is 23.4 Å². The maximum absolute atomic E-state index is 7.11. The fraction of sp³-hybridized carbons (Fsp3) is 0.400. The van der Waals surface area contributed by atoms with Gasteiger partial charge in [-0.05, 0) is 55.4 Å². The SMILES string of the molecule is [C-]#[N+]c1ccc2[nH]cc([C@H]3C[C@@H]3CN(C)C)c2c1. The predicted octanol–water partition coefficient (Wildman–Crippen LogP) is 3.38. The molecule has 92 valence electrons. The van der Waals surface area contributed by atoms with E-state index in [0.29, 0.717) is 5.92 Å². The standard InChI is InChI=1S/C15H17N3/c1-16-11-4-5-15-13(7-11)14(8-17-15)12-6-10(12)9-18(2)3/h4-5,7-8,10,12,17H,6,9H2,2-3H3/t10-,12+/m1/s1. The summed E-state index contributed by atoms with van der Waals surface area (Å²) < 4.78 is 0. The fourth-order valence-electron chi connectivity index (χ4n) is 2.81. The van der Waals surface area contributed by atoms with E-state index in [1.807, 2.05) is 18.2 Å². The summed E-state index contributed by atoms with van der Waals surface area (Å²) in [6, 6.07) is 5.90. The first-order valence-corrected chi connectivity index (χ1v) is 6.32. The van der Waals surface area contributed by atoms with Gasteiger partial charge in [-0.1, -0.05) is 6.07 Å². The molecule has 0 aliphatic heterocycles. The summed E-state index contributed by atoms with van der Waals surface area (Å²) in [4.78, 5) is 9.09. The second-order valence-corrected chi connectivity index (χ2v) is 5.45. The van der Waals surface area contributed by atoms with E-state index in [1.54, 1.807) is 0 Å². The Morgan fingerprint density at radius 1 is 1.44 bits per heavy atom. The smallest absolute Gasteiger partial charge is 0.187 e. The quantitative estimate of drug-likeness (QED) is 0.815. The number of hydrogen-bond acceptors (Lipinski definition) is 1. The van der Waals surface area contributed by atoms with E-state index >= 15 is 0 Å². The Balaban J connectivity index is 1.92. The Kier molecular flexibility index (Phi) is 2.61. The van der Waals surface area contributed by atoms with Crippen molar-refractivity contribution in [1.29, 1.82) is 0 Å². The van der Waals surface area contributed by atoms with Gasteiger partial charge in [-0.25, -0.2) is 4.85 Å². The minimum absolute atomic E-state index is 0.669. The summed E-state index contributed by atoms with van der Waals surface area (Å²) in [5.41, 5.74) is 3.27. The van der Waals surface area contributed by atoms with Crippen LogP contribution in [0.15, 0.2) is 24.4 Å². The molecule has 1 aromatic carbocycles. The largest absolute Gasteiger partial charge is 0.361 e. The Morgan fingerprint density at radius 3 is 3.00 bits per heavy atom. The summed E-state index contributed by atoms with van der Waals surface area (Å²) in [7, 11) is 4.25. The monoisotopic (exact) mass is 239 g/mol. The molecule has 1 aliphatic rings. The van der Waals surface area contributed by atoms with E-state index in [9.17, 15) is 0 Å².